The van der Waals surface area contributed by atoms with E-state index in [2.05, 4.69) is 25.2 Å². The van der Waals surface area contributed by atoms with Crippen molar-refractivity contribution < 1.29 is 19.1 Å². The Morgan fingerprint density at radius 3 is 2.54 bits per heavy atom. The summed E-state index contributed by atoms with van der Waals surface area (Å²) in [6.45, 7) is 9.61. The molecule has 2 atom stereocenters. The zero-order valence-electron chi connectivity index (χ0n) is 17.5. The number of hydrogen-bond donors (Lipinski definition) is 1. The van der Waals surface area contributed by atoms with Crippen LogP contribution >= 0.6 is 0 Å². The van der Waals surface area contributed by atoms with E-state index in [0.29, 0.717) is 17.7 Å². The minimum absolute atomic E-state index is 0.119. The van der Waals surface area contributed by atoms with Crippen molar-refractivity contribution in [2.75, 3.05) is 7.11 Å². The summed E-state index contributed by atoms with van der Waals surface area (Å²) in [5, 5.41) is 3.32. The maximum absolute atomic E-state index is 13.2. The first-order valence-corrected chi connectivity index (χ1v) is 9.71. The third kappa shape index (κ3) is 3.71. The van der Waals surface area contributed by atoms with Crippen LogP contribution in [0.3, 0.4) is 0 Å². The van der Waals surface area contributed by atoms with E-state index in [4.69, 9.17) is 9.47 Å². The highest BCUT2D eigenvalue weighted by atomic mass is 16.5. The minimum Gasteiger partial charge on any atom is -0.496 e. The molecule has 0 saturated heterocycles. The Kier molecular flexibility index (Phi) is 5.37. The number of ketones is 1. The van der Waals surface area contributed by atoms with Gasteiger partial charge in [0.05, 0.1) is 24.7 Å². The van der Waals surface area contributed by atoms with Crippen molar-refractivity contribution in [1.29, 1.82) is 0 Å². The van der Waals surface area contributed by atoms with E-state index in [1.807, 2.05) is 45.0 Å². The molecule has 5 nitrogen and oxygen atoms in total. The van der Waals surface area contributed by atoms with Crippen LogP contribution in [-0.4, -0.2) is 25.0 Å². The Morgan fingerprint density at radius 2 is 1.89 bits per heavy atom. The number of ether oxygens (including phenoxy) is 2. The van der Waals surface area contributed by atoms with Gasteiger partial charge in [-0.2, -0.15) is 0 Å². The third-order valence-corrected chi connectivity index (χ3v) is 5.27. The van der Waals surface area contributed by atoms with Crippen LogP contribution in [-0.2, 0) is 14.3 Å². The normalized spacial score (nSPS) is 23.7. The van der Waals surface area contributed by atoms with Crippen LogP contribution in [0.5, 0.6) is 5.75 Å². The van der Waals surface area contributed by atoms with Gasteiger partial charge in [-0.15, -0.1) is 0 Å². The molecule has 0 fully saturated rings. The summed E-state index contributed by atoms with van der Waals surface area (Å²) >= 11 is 0. The number of methoxy groups -OCH3 is 1. The molecule has 0 radical (unpaired) electrons. The second-order valence-corrected chi connectivity index (χ2v) is 8.55. The first-order valence-electron chi connectivity index (χ1n) is 9.71. The van der Waals surface area contributed by atoms with Gasteiger partial charge in [0.25, 0.3) is 0 Å². The molecular weight excluding hydrogens is 354 g/mol. The first-order chi connectivity index (χ1) is 13.1. The summed E-state index contributed by atoms with van der Waals surface area (Å²) in [4.78, 5) is 26.2. The number of para-hydroxylation sites is 1. The molecule has 0 aromatic heterocycles. The van der Waals surface area contributed by atoms with E-state index >= 15 is 0 Å². The molecule has 2 aliphatic rings. The Labute approximate surface area is 166 Å². The average molecular weight is 383 g/mol. The van der Waals surface area contributed by atoms with Gasteiger partial charge in [0.15, 0.2) is 0 Å². The van der Waals surface area contributed by atoms with Gasteiger partial charge in [-0.05, 0) is 32.3 Å². The zero-order valence-corrected chi connectivity index (χ0v) is 17.5. The molecule has 0 spiro atoms. The van der Waals surface area contributed by atoms with Crippen LogP contribution in [0.25, 0.3) is 0 Å². The van der Waals surface area contributed by atoms with Crippen LogP contribution in [0.4, 0.5) is 0 Å². The highest BCUT2D eigenvalue weighted by Gasteiger charge is 2.47. The third-order valence-electron chi connectivity index (χ3n) is 5.27. The fraction of sp³-hybridized carbons (Fsp3) is 0.478. The summed E-state index contributed by atoms with van der Waals surface area (Å²) in [6.07, 6.45) is 2.30. The van der Waals surface area contributed by atoms with E-state index in [0.717, 1.165) is 17.0 Å². The SMILES string of the molecule is COc1ccccc1C1C(C(=O)OC(C)C)=C(C)NC2=CC(C)(C)CC(=O)C21. The lowest BCUT2D eigenvalue weighted by atomic mass is 9.66. The van der Waals surface area contributed by atoms with Gasteiger partial charge in [0.1, 0.15) is 11.5 Å². The molecule has 0 bridgehead atoms. The number of carbonyl (C=O) groups excluding carboxylic acids is 2. The van der Waals surface area contributed by atoms with Crippen molar-refractivity contribution in [3.8, 4) is 5.75 Å². The molecular formula is C23H29NO4. The molecule has 1 aromatic carbocycles. The second-order valence-electron chi connectivity index (χ2n) is 8.55. The number of fused-ring (bicyclic) bond motifs is 1. The molecule has 1 heterocycles. The van der Waals surface area contributed by atoms with Crippen LogP contribution in [0.15, 0.2) is 47.3 Å². The summed E-state index contributed by atoms with van der Waals surface area (Å²) in [6, 6.07) is 7.57. The van der Waals surface area contributed by atoms with E-state index < -0.39 is 17.8 Å². The summed E-state index contributed by atoms with van der Waals surface area (Å²) in [7, 11) is 1.60. The predicted octanol–water partition coefficient (Wildman–Crippen LogP) is 4.11. The summed E-state index contributed by atoms with van der Waals surface area (Å²) in [5.41, 5.74) is 2.67. The molecule has 0 amide bonds. The molecule has 1 aromatic rings. The molecule has 28 heavy (non-hydrogen) atoms. The summed E-state index contributed by atoms with van der Waals surface area (Å²) in [5.74, 6) is -0.517. The Hall–Kier alpha value is -2.56. The number of hydrogen-bond acceptors (Lipinski definition) is 5. The van der Waals surface area contributed by atoms with Crippen molar-refractivity contribution in [1.82, 2.24) is 5.32 Å². The molecule has 0 saturated carbocycles. The Balaban J connectivity index is 2.22. The van der Waals surface area contributed by atoms with Crippen molar-refractivity contribution in [3.63, 3.8) is 0 Å². The maximum atomic E-state index is 13.2. The van der Waals surface area contributed by atoms with Gasteiger partial charge in [0, 0.05) is 29.3 Å². The molecule has 150 valence electrons. The number of allylic oxidation sites excluding steroid dienone is 3. The Morgan fingerprint density at radius 1 is 1.21 bits per heavy atom. The predicted molar refractivity (Wildman–Crippen MR) is 108 cm³/mol. The van der Waals surface area contributed by atoms with E-state index in [9.17, 15) is 9.59 Å². The van der Waals surface area contributed by atoms with Gasteiger partial charge < -0.3 is 14.8 Å². The molecule has 1 aliphatic heterocycles. The van der Waals surface area contributed by atoms with Gasteiger partial charge >= 0.3 is 5.97 Å². The van der Waals surface area contributed by atoms with Gasteiger partial charge in [-0.1, -0.05) is 38.1 Å². The fourth-order valence-electron chi connectivity index (χ4n) is 4.27. The largest absolute Gasteiger partial charge is 0.496 e. The van der Waals surface area contributed by atoms with Crippen LogP contribution in [0.2, 0.25) is 0 Å². The number of carbonyl (C=O) groups is 2. The number of esters is 1. The van der Waals surface area contributed by atoms with Crippen molar-refractivity contribution in [2.24, 2.45) is 11.3 Å². The first kappa shape index (κ1) is 20.2. The fourth-order valence-corrected chi connectivity index (χ4v) is 4.27. The van der Waals surface area contributed by atoms with Crippen molar-refractivity contribution in [3.05, 3.63) is 52.9 Å². The lowest BCUT2D eigenvalue weighted by Crippen LogP contribution is -2.43. The average Bonchev–Trinajstić information content (AvgIpc) is 2.58. The van der Waals surface area contributed by atoms with Gasteiger partial charge in [0.2, 0.25) is 0 Å². The summed E-state index contributed by atoms with van der Waals surface area (Å²) < 4.78 is 11.1. The molecule has 5 heteroatoms. The Bertz CT molecular complexity index is 863. The smallest absolute Gasteiger partial charge is 0.336 e. The van der Waals surface area contributed by atoms with Crippen LogP contribution < -0.4 is 10.1 Å². The van der Waals surface area contributed by atoms with Crippen LogP contribution in [0.1, 0.15) is 52.5 Å². The maximum Gasteiger partial charge on any atom is 0.336 e. The highest BCUT2D eigenvalue weighted by molar-refractivity contribution is 5.96. The number of Topliss-reactive ketones (excluding diaryl/α,β-unsaturated/α-hetero) is 1. The van der Waals surface area contributed by atoms with Gasteiger partial charge in [-0.25, -0.2) is 4.79 Å². The molecule has 3 rings (SSSR count). The standard InChI is InChI=1S/C23H29NO4/c1-13(2)28-22(26)19-14(3)24-16-11-23(4,5)12-17(25)21(16)20(19)15-9-7-8-10-18(15)27-6/h7-11,13,20-21,24H,12H2,1-6H3. The highest BCUT2D eigenvalue weighted by Crippen LogP contribution is 2.48. The quantitative estimate of drug-likeness (QED) is 0.793. The van der Waals surface area contributed by atoms with Crippen molar-refractivity contribution in [2.45, 2.75) is 53.1 Å². The monoisotopic (exact) mass is 383 g/mol. The number of rotatable bonds is 4. The molecule has 1 N–H and O–H groups in total. The van der Waals surface area contributed by atoms with Crippen LogP contribution in [0, 0.1) is 11.3 Å². The minimum atomic E-state index is -0.456. The number of benzene rings is 1. The lowest BCUT2D eigenvalue weighted by molar-refractivity contribution is -0.143. The van der Waals surface area contributed by atoms with E-state index in [-0.39, 0.29) is 17.3 Å². The zero-order chi connectivity index (χ0) is 20.6. The number of nitrogens with one attached hydrogen (secondary N) is 1. The second kappa shape index (κ2) is 7.46. The lowest BCUT2D eigenvalue weighted by Gasteiger charge is -2.41. The molecule has 1 aliphatic carbocycles. The topological polar surface area (TPSA) is 64.6 Å². The van der Waals surface area contributed by atoms with Gasteiger partial charge in [-0.3, -0.25) is 4.79 Å². The van der Waals surface area contributed by atoms with E-state index in [1.54, 1.807) is 7.11 Å². The molecule has 2 unspecified atom stereocenters. The van der Waals surface area contributed by atoms with Crippen molar-refractivity contribution >= 4 is 11.8 Å². The van der Waals surface area contributed by atoms with E-state index in [1.165, 1.54) is 0 Å².